The third kappa shape index (κ3) is 4.85. The topological polar surface area (TPSA) is 21.3 Å². The monoisotopic (exact) mass is 303 g/mol. The summed E-state index contributed by atoms with van der Waals surface area (Å²) in [5, 5.41) is 4.17. The van der Waals surface area contributed by atoms with Gasteiger partial charge < -0.3 is 10.1 Å². The lowest BCUT2D eigenvalue weighted by Crippen LogP contribution is -2.18. The first kappa shape index (κ1) is 16.0. The molecular formula is C18H22ClNO. The maximum absolute atomic E-state index is 5.93. The second-order valence-electron chi connectivity index (χ2n) is 5.16. The van der Waals surface area contributed by atoms with Crippen molar-refractivity contribution in [3.05, 3.63) is 70.2 Å². The van der Waals surface area contributed by atoms with Crippen LogP contribution in [0.4, 0.5) is 0 Å². The fourth-order valence-corrected chi connectivity index (χ4v) is 2.51. The van der Waals surface area contributed by atoms with E-state index in [-0.39, 0.29) is 0 Å². The normalized spacial score (nSPS) is 12.3. The smallest absolute Gasteiger partial charge is 0.0502 e. The summed E-state index contributed by atoms with van der Waals surface area (Å²) in [6.45, 7) is 0.763. The Morgan fingerprint density at radius 3 is 2.19 bits per heavy atom. The van der Waals surface area contributed by atoms with Crippen LogP contribution in [-0.2, 0) is 17.6 Å². The van der Waals surface area contributed by atoms with E-state index in [0.29, 0.717) is 6.04 Å². The number of hydrogen-bond donors (Lipinski definition) is 1. The number of rotatable bonds is 7. The third-order valence-electron chi connectivity index (χ3n) is 3.68. The van der Waals surface area contributed by atoms with E-state index in [1.807, 2.05) is 19.2 Å². The Labute approximate surface area is 132 Å². The molecular weight excluding hydrogens is 282 g/mol. The van der Waals surface area contributed by atoms with Gasteiger partial charge in [-0.2, -0.15) is 0 Å². The first-order valence-electron chi connectivity index (χ1n) is 7.22. The molecule has 2 aromatic rings. The van der Waals surface area contributed by atoms with Crippen LogP contribution >= 0.6 is 11.6 Å². The van der Waals surface area contributed by atoms with Crippen molar-refractivity contribution < 1.29 is 4.74 Å². The molecule has 1 unspecified atom stereocenters. The van der Waals surface area contributed by atoms with Crippen LogP contribution in [0.2, 0.25) is 5.02 Å². The fourth-order valence-electron chi connectivity index (χ4n) is 2.38. The van der Waals surface area contributed by atoms with Crippen molar-refractivity contribution in [3.63, 3.8) is 0 Å². The standard InChI is InChI=1S/C18H22ClNO/c1-20-18(13-15-5-9-17(19)10-6-15)16-7-3-14(4-8-16)11-12-21-2/h3-10,18,20H,11-13H2,1-2H3. The summed E-state index contributed by atoms with van der Waals surface area (Å²) in [4.78, 5) is 0. The van der Waals surface area contributed by atoms with Gasteiger partial charge in [-0.15, -0.1) is 0 Å². The Hall–Kier alpha value is -1.35. The molecule has 0 aliphatic heterocycles. The van der Waals surface area contributed by atoms with E-state index in [1.54, 1.807) is 7.11 Å². The minimum absolute atomic E-state index is 0.308. The van der Waals surface area contributed by atoms with Crippen LogP contribution in [-0.4, -0.2) is 20.8 Å². The molecule has 2 rings (SSSR count). The summed E-state index contributed by atoms with van der Waals surface area (Å²) in [6, 6.07) is 17.1. The van der Waals surface area contributed by atoms with Crippen LogP contribution in [0.25, 0.3) is 0 Å². The summed E-state index contributed by atoms with van der Waals surface area (Å²) in [5.41, 5.74) is 3.89. The van der Waals surface area contributed by atoms with E-state index < -0.39 is 0 Å². The first-order chi connectivity index (χ1) is 10.2. The lowest BCUT2D eigenvalue weighted by Gasteiger charge is -2.17. The van der Waals surface area contributed by atoms with Crippen molar-refractivity contribution in [1.29, 1.82) is 0 Å². The number of ether oxygens (including phenoxy) is 1. The average molecular weight is 304 g/mol. The van der Waals surface area contributed by atoms with Gasteiger partial charge in [-0.3, -0.25) is 0 Å². The first-order valence-corrected chi connectivity index (χ1v) is 7.60. The Kier molecular flexibility index (Phi) is 6.24. The highest BCUT2D eigenvalue weighted by molar-refractivity contribution is 6.30. The summed E-state index contributed by atoms with van der Waals surface area (Å²) < 4.78 is 5.11. The molecule has 0 saturated heterocycles. The second kappa shape index (κ2) is 8.18. The number of benzene rings is 2. The lowest BCUT2D eigenvalue weighted by atomic mass is 9.97. The molecule has 112 valence electrons. The maximum Gasteiger partial charge on any atom is 0.0502 e. The van der Waals surface area contributed by atoms with Crippen molar-refractivity contribution >= 4 is 11.6 Å². The van der Waals surface area contributed by atoms with Gasteiger partial charge in [0.05, 0.1) is 6.61 Å². The van der Waals surface area contributed by atoms with E-state index >= 15 is 0 Å². The van der Waals surface area contributed by atoms with E-state index in [4.69, 9.17) is 16.3 Å². The van der Waals surface area contributed by atoms with Crippen LogP contribution in [0.1, 0.15) is 22.7 Å². The molecule has 3 heteroatoms. The van der Waals surface area contributed by atoms with Gasteiger partial charge >= 0.3 is 0 Å². The minimum atomic E-state index is 0.308. The summed E-state index contributed by atoms with van der Waals surface area (Å²) in [7, 11) is 3.73. The van der Waals surface area contributed by atoms with Crippen LogP contribution in [0.3, 0.4) is 0 Å². The zero-order valence-corrected chi connectivity index (χ0v) is 13.4. The highest BCUT2D eigenvalue weighted by atomic mass is 35.5. The van der Waals surface area contributed by atoms with Crippen LogP contribution in [0.5, 0.6) is 0 Å². The van der Waals surface area contributed by atoms with Gasteiger partial charge in [0.2, 0.25) is 0 Å². The number of nitrogens with one attached hydrogen (secondary N) is 1. The predicted molar refractivity (Wildman–Crippen MR) is 89.0 cm³/mol. The molecule has 1 atom stereocenters. The molecule has 0 spiro atoms. The fraction of sp³-hybridized carbons (Fsp3) is 0.333. The number of methoxy groups -OCH3 is 1. The zero-order chi connectivity index (χ0) is 15.1. The molecule has 0 aliphatic carbocycles. The Morgan fingerprint density at radius 1 is 1.00 bits per heavy atom. The predicted octanol–water partition coefficient (Wildman–Crippen LogP) is 4.03. The molecule has 0 amide bonds. The van der Waals surface area contributed by atoms with Crippen molar-refractivity contribution in [1.82, 2.24) is 5.32 Å². The Balaban J connectivity index is 2.04. The van der Waals surface area contributed by atoms with Gasteiger partial charge in [0.25, 0.3) is 0 Å². The van der Waals surface area contributed by atoms with E-state index in [0.717, 1.165) is 24.5 Å². The van der Waals surface area contributed by atoms with Gasteiger partial charge in [-0.25, -0.2) is 0 Å². The highest BCUT2D eigenvalue weighted by Gasteiger charge is 2.10. The molecule has 0 aromatic heterocycles. The van der Waals surface area contributed by atoms with E-state index in [9.17, 15) is 0 Å². The number of halogens is 1. The molecule has 1 N–H and O–H groups in total. The minimum Gasteiger partial charge on any atom is -0.384 e. The summed E-state index contributed by atoms with van der Waals surface area (Å²) in [5.74, 6) is 0. The highest BCUT2D eigenvalue weighted by Crippen LogP contribution is 2.20. The van der Waals surface area contributed by atoms with E-state index in [2.05, 4.69) is 41.7 Å². The Bertz CT molecular complexity index is 536. The van der Waals surface area contributed by atoms with Crippen molar-refractivity contribution in [2.75, 3.05) is 20.8 Å². The van der Waals surface area contributed by atoms with Crippen molar-refractivity contribution in [3.8, 4) is 0 Å². The van der Waals surface area contributed by atoms with Gasteiger partial charge in [0, 0.05) is 18.2 Å². The average Bonchev–Trinajstić information content (AvgIpc) is 2.53. The lowest BCUT2D eigenvalue weighted by molar-refractivity contribution is 0.202. The maximum atomic E-state index is 5.93. The van der Waals surface area contributed by atoms with Crippen LogP contribution < -0.4 is 5.32 Å². The van der Waals surface area contributed by atoms with Crippen LogP contribution in [0, 0.1) is 0 Å². The summed E-state index contributed by atoms with van der Waals surface area (Å²) in [6.07, 6.45) is 1.91. The molecule has 0 aliphatic rings. The molecule has 0 fully saturated rings. The largest absolute Gasteiger partial charge is 0.384 e. The quantitative estimate of drug-likeness (QED) is 0.834. The molecule has 2 aromatic carbocycles. The second-order valence-corrected chi connectivity index (χ2v) is 5.59. The van der Waals surface area contributed by atoms with Crippen molar-refractivity contribution in [2.24, 2.45) is 0 Å². The van der Waals surface area contributed by atoms with Gasteiger partial charge in [-0.05, 0) is 48.7 Å². The third-order valence-corrected chi connectivity index (χ3v) is 3.93. The number of hydrogen-bond acceptors (Lipinski definition) is 2. The molecule has 2 nitrogen and oxygen atoms in total. The molecule has 0 radical (unpaired) electrons. The summed E-state index contributed by atoms with van der Waals surface area (Å²) >= 11 is 5.93. The Morgan fingerprint density at radius 2 is 1.62 bits per heavy atom. The molecule has 0 bridgehead atoms. The van der Waals surface area contributed by atoms with Crippen molar-refractivity contribution in [2.45, 2.75) is 18.9 Å². The van der Waals surface area contributed by atoms with E-state index in [1.165, 1.54) is 16.7 Å². The molecule has 0 saturated carbocycles. The molecule has 0 heterocycles. The zero-order valence-electron chi connectivity index (χ0n) is 12.6. The molecule has 21 heavy (non-hydrogen) atoms. The van der Waals surface area contributed by atoms with Crippen LogP contribution in [0.15, 0.2) is 48.5 Å². The SMILES string of the molecule is CNC(Cc1ccc(Cl)cc1)c1ccc(CCOC)cc1. The van der Waals surface area contributed by atoms with Gasteiger partial charge in [-0.1, -0.05) is 48.0 Å². The number of likely N-dealkylation sites (N-methyl/N-ethyl adjacent to an activating group) is 1. The van der Waals surface area contributed by atoms with Gasteiger partial charge in [0.15, 0.2) is 0 Å². The van der Waals surface area contributed by atoms with Gasteiger partial charge in [0.1, 0.15) is 0 Å².